The molecule has 2 atom stereocenters. The third-order valence-electron chi connectivity index (χ3n) is 3.13. The zero-order chi connectivity index (χ0) is 13.5. The highest BCUT2D eigenvalue weighted by Crippen LogP contribution is 2.21. The van der Waals surface area contributed by atoms with Crippen molar-refractivity contribution in [1.29, 1.82) is 5.26 Å². The fourth-order valence-corrected chi connectivity index (χ4v) is 2.08. The molecule has 2 rings (SSSR count). The van der Waals surface area contributed by atoms with Crippen molar-refractivity contribution in [3.05, 3.63) is 66.0 Å². The Labute approximate surface area is 113 Å². The normalized spacial score (nSPS) is 13.5. The summed E-state index contributed by atoms with van der Waals surface area (Å²) in [5.41, 5.74) is 2.26. The van der Waals surface area contributed by atoms with Gasteiger partial charge in [-0.3, -0.25) is 4.98 Å². The van der Waals surface area contributed by atoms with E-state index in [-0.39, 0.29) is 12.1 Å². The highest BCUT2D eigenvalue weighted by atomic mass is 14.9. The molecule has 0 radical (unpaired) electrons. The number of nitriles is 1. The van der Waals surface area contributed by atoms with Crippen molar-refractivity contribution in [3.8, 4) is 6.07 Å². The summed E-state index contributed by atoms with van der Waals surface area (Å²) in [6.07, 6.45) is 4.07. The van der Waals surface area contributed by atoms with Crippen LogP contribution in [0.1, 0.15) is 36.6 Å². The number of pyridine rings is 1. The van der Waals surface area contributed by atoms with E-state index in [1.54, 1.807) is 6.20 Å². The number of rotatable bonds is 5. The predicted octanol–water partition coefficient (Wildman–Crippen LogP) is 3.39. The molecule has 0 fully saturated rings. The second-order valence-electron chi connectivity index (χ2n) is 4.50. The maximum Gasteiger partial charge on any atom is 0.0641 e. The van der Waals surface area contributed by atoms with Crippen molar-refractivity contribution in [2.24, 2.45) is 0 Å². The molecule has 0 saturated carbocycles. The number of hydrogen-bond acceptors (Lipinski definition) is 3. The van der Waals surface area contributed by atoms with Gasteiger partial charge in [-0.25, -0.2) is 0 Å². The summed E-state index contributed by atoms with van der Waals surface area (Å²) < 4.78 is 0. The van der Waals surface area contributed by atoms with Crippen molar-refractivity contribution in [3.63, 3.8) is 0 Å². The largest absolute Gasteiger partial charge is 0.302 e. The van der Waals surface area contributed by atoms with E-state index in [9.17, 15) is 0 Å². The minimum atomic E-state index is 0.0430. The lowest BCUT2D eigenvalue weighted by Crippen LogP contribution is -2.24. The molecule has 0 aliphatic carbocycles. The summed E-state index contributed by atoms with van der Waals surface area (Å²) >= 11 is 0. The average Bonchev–Trinajstić information content (AvgIpc) is 2.48. The van der Waals surface area contributed by atoms with E-state index < -0.39 is 0 Å². The Bertz CT molecular complexity index is 531. The standard InChI is InChI=1S/C16H17N3/c1-13(15-8-5-11-18-12-15)19-16(9-10-17)14-6-3-2-4-7-14/h2-8,11-13,16,19H,9H2,1H3. The molecule has 0 bridgehead atoms. The number of hydrogen-bond donors (Lipinski definition) is 1. The first-order chi connectivity index (χ1) is 9.31. The van der Waals surface area contributed by atoms with Gasteiger partial charge in [0, 0.05) is 24.5 Å². The van der Waals surface area contributed by atoms with Gasteiger partial charge in [0.25, 0.3) is 0 Å². The van der Waals surface area contributed by atoms with E-state index >= 15 is 0 Å². The Morgan fingerprint density at radius 3 is 2.53 bits per heavy atom. The topological polar surface area (TPSA) is 48.7 Å². The highest BCUT2D eigenvalue weighted by Gasteiger charge is 2.14. The quantitative estimate of drug-likeness (QED) is 0.886. The summed E-state index contributed by atoms with van der Waals surface area (Å²) in [6, 6.07) is 16.5. The average molecular weight is 251 g/mol. The second-order valence-corrected chi connectivity index (χ2v) is 4.50. The van der Waals surface area contributed by atoms with Crippen molar-refractivity contribution in [1.82, 2.24) is 10.3 Å². The van der Waals surface area contributed by atoms with Crippen molar-refractivity contribution < 1.29 is 0 Å². The van der Waals surface area contributed by atoms with Gasteiger partial charge in [0.15, 0.2) is 0 Å². The Kier molecular flexibility index (Phi) is 4.66. The second kappa shape index (κ2) is 6.67. The summed E-state index contributed by atoms with van der Waals surface area (Å²) in [5, 5.41) is 12.5. The lowest BCUT2D eigenvalue weighted by molar-refractivity contribution is 0.472. The smallest absolute Gasteiger partial charge is 0.0641 e. The van der Waals surface area contributed by atoms with Crippen LogP contribution in [0, 0.1) is 11.3 Å². The molecule has 3 heteroatoms. The summed E-state index contributed by atoms with van der Waals surface area (Å²) in [4.78, 5) is 4.13. The molecule has 2 aromatic rings. The molecule has 0 aliphatic rings. The van der Waals surface area contributed by atoms with Gasteiger partial charge in [-0.05, 0) is 24.1 Å². The van der Waals surface area contributed by atoms with E-state index in [2.05, 4.69) is 23.3 Å². The molecular weight excluding hydrogens is 234 g/mol. The number of nitrogens with zero attached hydrogens (tertiary/aromatic N) is 2. The van der Waals surface area contributed by atoms with Crippen LogP contribution in [0.4, 0.5) is 0 Å². The molecule has 1 heterocycles. The Hall–Kier alpha value is -2.18. The van der Waals surface area contributed by atoms with Crippen LogP contribution in [-0.2, 0) is 0 Å². The van der Waals surface area contributed by atoms with Crippen LogP contribution in [0.2, 0.25) is 0 Å². The third kappa shape index (κ3) is 3.64. The maximum absolute atomic E-state index is 8.98. The first kappa shape index (κ1) is 13.3. The number of benzene rings is 1. The van der Waals surface area contributed by atoms with E-state index in [1.807, 2.05) is 48.7 Å². The predicted molar refractivity (Wildman–Crippen MR) is 75.2 cm³/mol. The van der Waals surface area contributed by atoms with Crippen LogP contribution in [0.15, 0.2) is 54.9 Å². The van der Waals surface area contributed by atoms with Gasteiger partial charge in [0.2, 0.25) is 0 Å². The molecule has 1 aromatic carbocycles. The van der Waals surface area contributed by atoms with Crippen molar-refractivity contribution in [2.75, 3.05) is 0 Å². The van der Waals surface area contributed by atoms with Crippen LogP contribution in [0.25, 0.3) is 0 Å². The zero-order valence-electron chi connectivity index (χ0n) is 11.0. The monoisotopic (exact) mass is 251 g/mol. The minimum absolute atomic E-state index is 0.0430. The molecule has 96 valence electrons. The molecule has 0 saturated heterocycles. The zero-order valence-corrected chi connectivity index (χ0v) is 11.0. The Morgan fingerprint density at radius 1 is 1.16 bits per heavy atom. The van der Waals surface area contributed by atoms with Crippen LogP contribution >= 0.6 is 0 Å². The van der Waals surface area contributed by atoms with Gasteiger partial charge in [0.1, 0.15) is 0 Å². The van der Waals surface area contributed by atoms with Crippen LogP contribution in [-0.4, -0.2) is 4.98 Å². The Morgan fingerprint density at radius 2 is 1.89 bits per heavy atom. The third-order valence-corrected chi connectivity index (χ3v) is 3.13. The molecule has 1 N–H and O–H groups in total. The van der Waals surface area contributed by atoms with Gasteiger partial charge < -0.3 is 5.32 Å². The van der Waals surface area contributed by atoms with Gasteiger partial charge in [-0.1, -0.05) is 36.4 Å². The highest BCUT2D eigenvalue weighted by molar-refractivity contribution is 5.21. The van der Waals surface area contributed by atoms with Crippen LogP contribution in [0.5, 0.6) is 0 Å². The van der Waals surface area contributed by atoms with Gasteiger partial charge in [-0.15, -0.1) is 0 Å². The number of aromatic nitrogens is 1. The van der Waals surface area contributed by atoms with Crippen LogP contribution < -0.4 is 5.32 Å². The molecule has 0 amide bonds. The first-order valence-corrected chi connectivity index (χ1v) is 6.39. The molecule has 2 unspecified atom stereocenters. The maximum atomic E-state index is 8.98. The lowest BCUT2D eigenvalue weighted by Gasteiger charge is -2.22. The van der Waals surface area contributed by atoms with E-state index in [0.717, 1.165) is 11.1 Å². The summed E-state index contributed by atoms with van der Waals surface area (Å²) in [6.45, 7) is 2.09. The minimum Gasteiger partial charge on any atom is -0.302 e. The van der Waals surface area contributed by atoms with Crippen molar-refractivity contribution >= 4 is 0 Å². The van der Waals surface area contributed by atoms with E-state index in [0.29, 0.717) is 6.42 Å². The first-order valence-electron chi connectivity index (χ1n) is 6.39. The Balaban J connectivity index is 2.12. The summed E-state index contributed by atoms with van der Waals surface area (Å²) in [7, 11) is 0. The fourth-order valence-electron chi connectivity index (χ4n) is 2.08. The molecule has 19 heavy (non-hydrogen) atoms. The van der Waals surface area contributed by atoms with Gasteiger partial charge in [-0.2, -0.15) is 5.26 Å². The van der Waals surface area contributed by atoms with Gasteiger partial charge >= 0.3 is 0 Å². The van der Waals surface area contributed by atoms with E-state index in [4.69, 9.17) is 5.26 Å². The molecule has 0 spiro atoms. The molecule has 0 aliphatic heterocycles. The van der Waals surface area contributed by atoms with Gasteiger partial charge in [0.05, 0.1) is 12.5 Å². The summed E-state index contributed by atoms with van der Waals surface area (Å²) in [5.74, 6) is 0. The SMILES string of the molecule is CC(NC(CC#N)c1ccccc1)c1cccnc1. The molecule has 1 aromatic heterocycles. The van der Waals surface area contributed by atoms with Crippen LogP contribution in [0.3, 0.4) is 0 Å². The molecular formula is C16H17N3. The van der Waals surface area contributed by atoms with Crippen molar-refractivity contribution in [2.45, 2.75) is 25.4 Å². The molecule has 3 nitrogen and oxygen atoms in total. The fraction of sp³-hybridized carbons (Fsp3) is 0.250. The number of nitrogens with one attached hydrogen (secondary N) is 1. The lowest BCUT2D eigenvalue weighted by atomic mass is 10.0. The van der Waals surface area contributed by atoms with E-state index in [1.165, 1.54) is 0 Å².